The summed E-state index contributed by atoms with van der Waals surface area (Å²) in [4.78, 5) is 25.9. The molecule has 33 heavy (non-hydrogen) atoms. The van der Waals surface area contributed by atoms with Gasteiger partial charge in [-0.1, -0.05) is 0 Å². The van der Waals surface area contributed by atoms with E-state index in [1.165, 1.54) is 12.8 Å². The molecule has 1 atom stereocenters. The van der Waals surface area contributed by atoms with Gasteiger partial charge in [-0.2, -0.15) is 8.78 Å². The van der Waals surface area contributed by atoms with Crippen LogP contribution in [0.15, 0.2) is 12.1 Å². The highest BCUT2D eigenvalue weighted by Crippen LogP contribution is 2.33. The van der Waals surface area contributed by atoms with E-state index in [0.29, 0.717) is 32.1 Å². The Hall–Kier alpha value is -2.60. The molecule has 1 aromatic rings. The van der Waals surface area contributed by atoms with Crippen molar-refractivity contribution in [3.63, 3.8) is 0 Å². The molecule has 0 spiro atoms. The van der Waals surface area contributed by atoms with Crippen LogP contribution in [0.2, 0.25) is 0 Å². The second-order valence-corrected chi connectivity index (χ2v) is 8.64. The molecule has 1 saturated carbocycles. The van der Waals surface area contributed by atoms with Gasteiger partial charge in [-0.3, -0.25) is 9.69 Å². The number of likely N-dealkylation sites (N-methyl/N-ethyl adjacent to an activating group) is 1. The number of halogens is 4. The maximum absolute atomic E-state index is 15.0. The van der Waals surface area contributed by atoms with Crippen LogP contribution in [0.25, 0.3) is 0 Å². The van der Waals surface area contributed by atoms with Gasteiger partial charge < -0.3 is 15.0 Å². The molecule has 0 unspecified atom stereocenters. The predicted octanol–water partition coefficient (Wildman–Crippen LogP) is 2.05. The highest BCUT2D eigenvalue weighted by molar-refractivity contribution is 5.90. The number of hydrogen-bond donors (Lipinski definition) is 1. The Morgan fingerprint density at radius 1 is 1.15 bits per heavy atom. The Morgan fingerprint density at radius 2 is 1.82 bits per heavy atom. The van der Waals surface area contributed by atoms with Crippen molar-refractivity contribution < 1.29 is 31.9 Å². The van der Waals surface area contributed by atoms with E-state index in [4.69, 9.17) is 4.74 Å². The molecule has 0 radical (unpaired) electrons. The summed E-state index contributed by atoms with van der Waals surface area (Å²) in [6.07, 6.45) is -2.53. The van der Waals surface area contributed by atoms with Gasteiger partial charge in [0.15, 0.2) is 11.6 Å². The minimum absolute atomic E-state index is 0.0382. The predicted molar refractivity (Wildman–Crippen MR) is 112 cm³/mol. The number of amides is 2. The summed E-state index contributed by atoms with van der Waals surface area (Å²) in [6.45, 7) is 2.67. The van der Waals surface area contributed by atoms with Crippen LogP contribution >= 0.6 is 0 Å². The maximum Gasteiger partial charge on any atom is 0.414 e. The Bertz CT molecular complexity index is 878. The number of ether oxygens (including phenoxy) is 1. The highest BCUT2D eigenvalue weighted by atomic mass is 19.3. The average molecular weight is 473 g/mol. The molecule has 1 aromatic carbocycles. The molecule has 1 N–H and O–H groups in total. The summed E-state index contributed by atoms with van der Waals surface area (Å²) < 4.78 is 59.7. The Kier molecular flexibility index (Phi) is 6.94. The van der Waals surface area contributed by atoms with Crippen molar-refractivity contribution in [1.29, 1.82) is 0 Å². The van der Waals surface area contributed by atoms with Gasteiger partial charge in [-0.05, 0) is 18.8 Å². The van der Waals surface area contributed by atoms with Gasteiger partial charge in [0.05, 0.1) is 18.8 Å². The minimum atomic E-state index is -3.19. The number of rotatable bonds is 7. The van der Waals surface area contributed by atoms with E-state index >= 15 is 8.78 Å². The second kappa shape index (κ2) is 9.72. The smallest absolute Gasteiger partial charge is 0.414 e. The molecule has 0 aromatic heterocycles. The number of anilines is 2. The zero-order valence-corrected chi connectivity index (χ0v) is 18.3. The van der Waals surface area contributed by atoms with Crippen LogP contribution in [0.5, 0.6) is 0 Å². The van der Waals surface area contributed by atoms with E-state index in [-0.39, 0.29) is 24.5 Å². The summed E-state index contributed by atoms with van der Waals surface area (Å²) in [6, 6.07) is 2.13. The SMILES string of the molecule is CN1CCN(c2c(F)cc(N3C[C@H](CNC(=O)C(F)F)OC3=O)cc2F)CCN1CC1CC1. The molecule has 0 bridgehead atoms. The normalized spacial score (nSPS) is 22.6. The molecule has 2 amide bonds. The number of cyclic esters (lactones) is 1. The summed E-state index contributed by atoms with van der Waals surface area (Å²) >= 11 is 0. The molecule has 182 valence electrons. The zero-order valence-electron chi connectivity index (χ0n) is 18.3. The fourth-order valence-corrected chi connectivity index (χ4v) is 4.12. The molecule has 2 heterocycles. The average Bonchev–Trinajstić information content (AvgIpc) is 3.53. The van der Waals surface area contributed by atoms with E-state index in [0.717, 1.165) is 23.6 Å². The third-order valence-electron chi connectivity index (χ3n) is 6.18. The van der Waals surface area contributed by atoms with E-state index in [2.05, 4.69) is 10.0 Å². The molecule has 3 fully saturated rings. The van der Waals surface area contributed by atoms with Crippen molar-refractivity contribution in [2.24, 2.45) is 5.92 Å². The third kappa shape index (κ3) is 5.49. The zero-order chi connectivity index (χ0) is 23.7. The topological polar surface area (TPSA) is 68.4 Å². The van der Waals surface area contributed by atoms with Gasteiger partial charge in [-0.25, -0.2) is 23.6 Å². The molecule has 1 aliphatic carbocycles. The Labute approximate surface area is 189 Å². The van der Waals surface area contributed by atoms with Crippen molar-refractivity contribution in [3.05, 3.63) is 23.8 Å². The van der Waals surface area contributed by atoms with Gasteiger partial charge in [0, 0.05) is 51.9 Å². The van der Waals surface area contributed by atoms with E-state index < -0.39 is 36.2 Å². The molecule has 2 saturated heterocycles. The van der Waals surface area contributed by atoms with E-state index in [1.807, 2.05) is 12.4 Å². The lowest BCUT2D eigenvalue weighted by atomic mass is 10.2. The van der Waals surface area contributed by atoms with Gasteiger partial charge in [-0.15, -0.1) is 0 Å². The summed E-state index contributed by atoms with van der Waals surface area (Å²) in [7, 11) is 1.97. The number of benzene rings is 1. The molecular formula is C21H27F4N5O3. The maximum atomic E-state index is 15.0. The van der Waals surface area contributed by atoms with E-state index in [9.17, 15) is 18.4 Å². The first-order valence-electron chi connectivity index (χ1n) is 11.0. The lowest BCUT2D eigenvalue weighted by Crippen LogP contribution is -2.41. The first kappa shape index (κ1) is 23.6. The van der Waals surface area contributed by atoms with Gasteiger partial charge >= 0.3 is 12.5 Å². The Morgan fingerprint density at radius 3 is 2.45 bits per heavy atom. The number of nitrogens with one attached hydrogen (secondary N) is 1. The fourth-order valence-electron chi connectivity index (χ4n) is 4.12. The molecular weight excluding hydrogens is 446 g/mol. The molecule has 12 heteroatoms. The molecule has 4 rings (SSSR count). The first-order valence-corrected chi connectivity index (χ1v) is 11.0. The monoisotopic (exact) mass is 473 g/mol. The number of hydrazine groups is 1. The van der Waals surface area contributed by atoms with Crippen molar-refractivity contribution in [1.82, 2.24) is 15.3 Å². The van der Waals surface area contributed by atoms with Crippen LogP contribution in [0.1, 0.15) is 12.8 Å². The number of carbonyl (C=O) groups is 2. The summed E-state index contributed by atoms with van der Waals surface area (Å²) in [5, 5.41) is 6.27. The van der Waals surface area contributed by atoms with Crippen molar-refractivity contribution in [3.8, 4) is 0 Å². The quantitative estimate of drug-likeness (QED) is 0.612. The molecule has 2 aliphatic heterocycles. The van der Waals surface area contributed by atoms with Crippen LogP contribution in [0.3, 0.4) is 0 Å². The number of nitrogens with zero attached hydrogens (tertiary/aromatic N) is 4. The highest BCUT2D eigenvalue weighted by Gasteiger charge is 2.35. The molecule has 8 nitrogen and oxygen atoms in total. The van der Waals surface area contributed by atoms with Crippen LogP contribution < -0.4 is 15.1 Å². The van der Waals surface area contributed by atoms with Crippen LogP contribution in [0.4, 0.5) is 33.7 Å². The minimum Gasteiger partial charge on any atom is -0.442 e. The lowest BCUT2D eigenvalue weighted by molar-refractivity contribution is -0.132. The first-order chi connectivity index (χ1) is 15.7. The lowest BCUT2D eigenvalue weighted by Gasteiger charge is -2.29. The second-order valence-electron chi connectivity index (χ2n) is 8.64. The van der Waals surface area contributed by atoms with Crippen LogP contribution in [-0.2, 0) is 9.53 Å². The fraction of sp³-hybridized carbons (Fsp3) is 0.619. The van der Waals surface area contributed by atoms with Crippen molar-refractivity contribution >= 4 is 23.4 Å². The van der Waals surface area contributed by atoms with Gasteiger partial charge in [0.2, 0.25) is 0 Å². The standard InChI is InChI=1S/C21H27F4N5O3/c1-27-4-5-28(6-7-29(27)11-13-2-3-13)18-16(22)8-14(9-17(18)23)30-12-15(33-21(30)32)10-26-20(31)19(24)25/h8-9,13,15,19H,2-7,10-12H2,1H3,(H,26,31)/t15-/m0/s1. The summed E-state index contributed by atoms with van der Waals surface area (Å²) in [5.74, 6) is -2.39. The van der Waals surface area contributed by atoms with Gasteiger partial charge in [0.1, 0.15) is 11.8 Å². The largest absolute Gasteiger partial charge is 0.442 e. The Balaban J connectivity index is 1.42. The molecule has 3 aliphatic rings. The van der Waals surface area contributed by atoms with Crippen LogP contribution in [-0.4, -0.2) is 87.4 Å². The van der Waals surface area contributed by atoms with Crippen molar-refractivity contribution in [2.45, 2.75) is 25.4 Å². The summed E-state index contributed by atoms with van der Waals surface area (Å²) in [5.41, 5.74) is -0.183. The third-order valence-corrected chi connectivity index (χ3v) is 6.18. The van der Waals surface area contributed by atoms with E-state index in [1.54, 1.807) is 4.90 Å². The number of carbonyl (C=O) groups excluding carboxylic acids is 2. The van der Waals surface area contributed by atoms with Crippen LogP contribution in [0, 0.1) is 17.6 Å². The van der Waals surface area contributed by atoms with Gasteiger partial charge in [0.25, 0.3) is 5.91 Å². The number of hydrogen-bond acceptors (Lipinski definition) is 6. The van der Waals surface area contributed by atoms with Crippen molar-refractivity contribution in [2.75, 3.05) is 62.7 Å². The number of alkyl halides is 2.